The van der Waals surface area contributed by atoms with E-state index in [2.05, 4.69) is 12.2 Å². The molecule has 0 aromatic rings. The highest BCUT2D eigenvalue weighted by atomic mass is 16.4. The minimum absolute atomic E-state index is 0.0773. The Morgan fingerprint density at radius 1 is 1.33 bits per heavy atom. The van der Waals surface area contributed by atoms with Crippen molar-refractivity contribution in [1.29, 1.82) is 0 Å². The van der Waals surface area contributed by atoms with Crippen molar-refractivity contribution in [2.75, 3.05) is 0 Å². The zero-order valence-electron chi connectivity index (χ0n) is 7.49. The maximum atomic E-state index is 10.6. The van der Waals surface area contributed by atoms with Crippen molar-refractivity contribution in [3.63, 3.8) is 0 Å². The Hall–Kier alpha value is -0.790. The normalized spacial score (nSPS) is 30.8. The Morgan fingerprint density at radius 2 is 1.92 bits per heavy atom. The molecule has 2 nitrogen and oxygen atoms in total. The molecule has 0 aliphatic heterocycles. The summed E-state index contributed by atoms with van der Waals surface area (Å²) in [5.41, 5.74) is 0. The van der Waals surface area contributed by atoms with Gasteiger partial charge in [-0.2, -0.15) is 0 Å². The van der Waals surface area contributed by atoms with Gasteiger partial charge in [-0.05, 0) is 38.5 Å². The minimum Gasteiger partial charge on any atom is -0.481 e. The van der Waals surface area contributed by atoms with Crippen molar-refractivity contribution in [3.8, 4) is 0 Å². The van der Waals surface area contributed by atoms with Gasteiger partial charge in [-0.25, -0.2) is 0 Å². The van der Waals surface area contributed by atoms with Crippen LogP contribution in [-0.4, -0.2) is 11.1 Å². The molecule has 12 heavy (non-hydrogen) atoms. The molecule has 0 radical (unpaired) electrons. The number of allylic oxidation sites excluding steroid dienone is 2. The molecule has 1 N–H and O–H groups in total. The third kappa shape index (κ3) is 2.36. The van der Waals surface area contributed by atoms with Crippen LogP contribution in [0, 0.1) is 11.8 Å². The molecule has 1 fully saturated rings. The molecule has 0 atom stereocenters. The molecule has 0 unspecified atom stereocenters. The van der Waals surface area contributed by atoms with Gasteiger partial charge in [0.15, 0.2) is 0 Å². The van der Waals surface area contributed by atoms with Gasteiger partial charge in [-0.3, -0.25) is 4.79 Å². The Bertz CT molecular complexity index is 176. The molecule has 1 rings (SSSR count). The van der Waals surface area contributed by atoms with Crippen molar-refractivity contribution in [3.05, 3.63) is 12.2 Å². The molecular formula is C10H16O2. The lowest BCUT2D eigenvalue weighted by molar-refractivity contribution is -0.142. The fourth-order valence-electron chi connectivity index (χ4n) is 1.83. The van der Waals surface area contributed by atoms with E-state index in [1.54, 1.807) is 0 Å². The predicted molar refractivity (Wildman–Crippen MR) is 47.9 cm³/mol. The number of hydrogen-bond donors (Lipinski definition) is 1. The highest BCUT2D eigenvalue weighted by molar-refractivity contribution is 5.70. The third-order valence-electron chi connectivity index (χ3n) is 2.59. The summed E-state index contributed by atoms with van der Waals surface area (Å²) in [6, 6.07) is 0. The van der Waals surface area contributed by atoms with Crippen LogP contribution < -0.4 is 0 Å². The average molecular weight is 168 g/mol. The number of aliphatic carboxylic acids is 1. The van der Waals surface area contributed by atoms with Crippen LogP contribution in [0.3, 0.4) is 0 Å². The summed E-state index contributed by atoms with van der Waals surface area (Å²) in [4.78, 5) is 10.6. The Balaban J connectivity index is 2.34. The second kappa shape index (κ2) is 4.29. The predicted octanol–water partition coefficient (Wildman–Crippen LogP) is 2.45. The van der Waals surface area contributed by atoms with Crippen molar-refractivity contribution >= 4 is 5.97 Å². The van der Waals surface area contributed by atoms with Crippen LogP contribution in [0.15, 0.2) is 12.2 Å². The van der Waals surface area contributed by atoms with Crippen LogP contribution in [0.5, 0.6) is 0 Å². The maximum Gasteiger partial charge on any atom is 0.306 e. The summed E-state index contributed by atoms with van der Waals surface area (Å²) >= 11 is 0. The highest BCUT2D eigenvalue weighted by Gasteiger charge is 2.24. The van der Waals surface area contributed by atoms with Gasteiger partial charge < -0.3 is 5.11 Å². The van der Waals surface area contributed by atoms with Gasteiger partial charge in [0, 0.05) is 0 Å². The lowest BCUT2D eigenvalue weighted by Crippen LogP contribution is -2.20. The number of rotatable bonds is 2. The zero-order chi connectivity index (χ0) is 8.97. The second-order valence-corrected chi connectivity index (χ2v) is 3.48. The van der Waals surface area contributed by atoms with E-state index < -0.39 is 5.97 Å². The molecule has 1 aliphatic carbocycles. The first-order valence-electron chi connectivity index (χ1n) is 4.59. The van der Waals surface area contributed by atoms with Gasteiger partial charge in [0.25, 0.3) is 0 Å². The molecule has 0 bridgehead atoms. The van der Waals surface area contributed by atoms with Crippen LogP contribution in [0.4, 0.5) is 0 Å². The zero-order valence-corrected chi connectivity index (χ0v) is 7.49. The van der Waals surface area contributed by atoms with Crippen molar-refractivity contribution < 1.29 is 9.90 Å². The topological polar surface area (TPSA) is 37.3 Å². The van der Waals surface area contributed by atoms with Gasteiger partial charge in [-0.1, -0.05) is 12.2 Å². The monoisotopic (exact) mass is 168 g/mol. The van der Waals surface area contributed by atoms with Crippen molar-refractivity contribution in [2.45, 2.75) is 32.6 Å². The number of carboxylic acid groups (broad SMARTS) is 1. The molecule has 0 heterocycles. The minimum atomic E-state index is -0.617. The molecule has 0 aromatic carbocycles. The second-order valence-electron chi connectivity index (χ2n) is 3.48. The Kier molecular flexibility index (Phi) is 3.32. The van der Waals surface area contributed by atoms with E-state index in [0.29, 0.717) is 5.92 Å². The van der Waals surface area contributed by atoms with Crippen LogP contribution >= 0.6 is 0 Å². The molecular weight excluding hydrogens is 152 g/mol. The average Bonchev–Trinajstić information content (AvgIpc) is 2.06. The van der Waals surface area contributed by atoms with Crippen LogP contribution in [0.25, 0.3) is 0 Å². The molecule has 0 saturated heterocycles. The third-order valence-corrected chi connectivity index (χ3v) is 2.59. The van der Waals surface area contributed by atoms with Crippen LogP contribution in [-0.2, 0) is 4.79 Å². The van der Waals surface area contributed by atoms with E-state index in [-0.39, 0.29) is 5.92 Å². The van der Waals surface area contributed by atoms with E-state index in [1.165, 1.54) is 0 Å². The molecule has 0 spiro atoms. The molecule has 0 aromatic heterocycles. The maximum absolute atomic E-state index is 10.6. The summed E-state index contributed by atoms with van der Waals surface area (Å²) < 4.78 is 0. The lowest BCUT2D eigenvalue weighted by Gasteiger charge is -2.23. The molecule has 0 amide bonds. The summed E-state index contributed by atoms with van der Waals surface area (Å²) in [7, 11) is 0. The van der Waals surface area contributed by atoms with Gasteiger partial charge in [0.2, 0.25) is 0 Å². The van der Waals surface area contributed by atoms with Gasteiger partial charge in [-0.15, -0.1) is 0 Å². The van der Waals surface area contributed by atoms with Crippen LogP contribution in [0.2, 0.25) is 0 Å². The molecule has 1 aliphatic rings. The number of carboxylic acids is 1. The van der Waals surface area contributed by atoms with Gasteiger partial charge in [0.1, 0.15) is 0 Å². The van der Waals surface area contributed by atoms with Gasteiger partial charge in [0.05, 0.1) is 5.92 Å². The van der Waals surface area contributed by atoms with Gasteiger partial charge >= 0.3 is 5.97 Å². The summed E-state index contributed by atoms with van der Waals surface area (Å²) in [5.74, 6) is -0.0639. The van der Waals surface area contributed by atoms with Crippen molar-refractivity contribution in [1.82, 2.24) is 0 Å². The first-order valence-corrected chi connectivity index (χ1v) is 4.59. The van der Waals surface area contributed by atoms with E-state index in [0.717, 1.165) is 25.7 Å². The highest BCUT2D eigenvalue weighted by Crippen LogP contribution is 2.29. The number of hydrogen-bond acceptors (Lipinski definition) is 1. The largest absolute Gasteiger partial charge is 0.481 e. The SMILES string of the molecule is CC=CC1CCC(C(=O)O)CC1. The summed E-state index contributed by atoms with van der Waals surface area (Å²) in [6.07, 6.45) is 8.04. The van der Waals surface area contributed by atoms with E-state index >= 15 is 0 Å². The lowest BCUT2D eigenvalue weighted by atomic mass is 9.82. The fourth-order valence-corrected chi connectivity index (χ4v) is 1.83. The fraction of sp³-hybridized carbons (Fsp3) is 0.700. The molecule has 1 saturated carbocycles. The Labute approximate surface area is 73.3 Å². The number of carbonyl (C=O) groups is 1. The smallest absolute Gasteiger partial charge is 0.306 e. The van der Waals surface area contributed by atoms with Crippen LogP contribution in [0.1, 0.15) is 32.6 Å². The van der Waals surface area contributed by atoms with E-state index in [1.807, 2.05) is 6.92 Å². The van der Waals surface area contributed by atoms with Crippen molar-refractivity contribution in [2.24, 2.45) is 11.8 Å². The first-order chi connectivity index (χ1) is 5.74. The quantitative estimate of drug-likeness (QED) is 0.643. The van der Waals surface area contributed by atoms with E-state index in [4.69, 9.17) is 5.11 Å². The molecule has 2 heteroatoms. The summed E-state index contributed by atoms with van der Waals surface area (Å²) in [6.45, 7) is 2.02. The standard InChI is InChI=1S/C10H16O2/c1-2-3-8-4-6-9(7-5-8)10(11)12/h2-3,8-9H,4-7H2,1H3,(H,11,12). The van der Waals surface area contributed by atoms with E-state index in [9.17, 15) is 4.79 Å². The summed E-state index contributed by atoms with van der Waals surface area (Å²) in [5, 5.41) is 8.74. The molecule has 68 valence electrons. The first kappa shape index (κ1) is 9.30. The Morgan fingerprint density at radius 3 is 2.33 bits per heavy atom.